The summed E-state index contributed by atoms with van der Waals surface area (Å²) in [6, 6.07) is 5.12. The van der Waals surface area contributed by atoms with Crippen LogP contribution in [0.2, 0.25) is 0 Å². The molecule has 31 heavy (non-hydrogen) atoms. The Morgan fingerprint density at radius 2 is 2.00 bits per heavy atom. The number of rotatable bonds is 5. The highest BCUT2D eigenvalue weighted by Gasteiger charge is 2.35. The Labute approximate surface area is 185 Å². The third-order valence-electron chi connectivity index (χ3n) is 5.82. The smallest absolute Gasteiger partial charge is 0.309 e. The van der Waals surface area contributed by atoms with Crippen molar-refractivity contribution in [2.45, 2.75) is 43.7 Å². The van der Waals surface area contributed by atoms with E-state index in [1.165, 1.54) is 27.6 Å². The molecule has 0 saturated carbocycles. The summed E-state index contributed by atoms with van der Waals surface area (Å²) in [7, 11) is -3.62. The minimum absolute atomic E-state index is 0.144. The molecule has 1 amide bonds. The fourth-order valence-corrected chi connectivity index (χ4v) is 6.32. The van der Waals surface area contributed by atoms with Crippen LogP contribution in [0, 0.1) is 5.92 Å². The zero-order chi connectivity index (χ0) is 22.0. The maximum Gasteiger partial charge on any atom is 0.309 e. The molecule has 166 valence electrons. The summed E-state index contributed by atoms with van der Waals surface area (Å²) in [6.45, 7) is 3.23. The second kappa shape index (κ2) is 9.05. The SMILES string of the molecule is CC(OC(=O)C1CCN(S(=O)(=O)c2cccnc2)CC1)C(=O)N1CCc2sccc2C1. The number of amides is 1. The molecular weight excluding hydrogens is 438 g/mol. The predicted molar refractivity (Wildman–Crippen MR) is 115 cm³/mol. The maximum atomic E-state index is 12.7. The van der Waals surface area contributed by atoms with E-state index in [1.54, 1.807) is 29.2 Å². The fraction of sp³-hybridized carbons (Fsp3) is 0.476. The van der Waals surface area contributed by atoms with Gasteiger partial charge in [0.25, 0.3) is 5.91 Å². The Morgan fingerprint density at radius 1 is 1.23 bits per heavy atom. The van der Waals surface area contributed by atoms with E-state index in [0.717, 1.165) is 12.0 Å². The molecule has 1 fully saturated rings. The predicted octanol–water partition coefficient (Wildman–Crippen LogP) is 2.06. The summed E-state index contributed by atoms with van der Waals surface area (Å²) in [5.74, 6) is -1.05. The van der Waals surface area contributed by atoms with Crippen LogP contribution < -0.4 is 0 Å². The number of fused-ring (bicyclic) bond motifs is 1. The van der Waals surface area contributed by atoms with Crippen molar-refractivity contribution in [1.29, 1.82) is 0 Å². The molecule has 2 aliphatic heterocycles. The topological polar surface area (TPSA) is 96.9 Å². The van der Waals surface area contributed by atoms with Crippen LogP contribution in [0.3, 0.4) is 0 Å². The number of sulfonamides is 1. The van der Waals surface area contributed by atoms with Gasteiger partial charge in [-0.05, 0) is 55.3 Å². The lowest BCUT2D eigenvalue weighted by atomic mass is 9.98. The molecule has 0 N–H and O–H groups in total. The molecule has 1 unspecified atom stereocenters. The van der Waals surface area contributed by atoms with Gasteiger partial charge in [0.2, 0.25) is 10.0 Å². The van der Waals surface area contributed by atoms with Gasteiger partial charge in [-0.1, -0.05) is 0 Å². The molecule has 4 heterocycles. The van der Waals surface area contributed by atoms with Crippen molar-refractivity contribution in [3.05, 3.63) is 46.4 Å². The highest BCUT2D eigenvalue weighted by Crippen LogP contribution is 2.26. The highest BCUT2D eigenvalue weighted by molar-refractivity contribution is 7.89. The van der Waals surface area contributed by atoms with E-state index in [-0.39, 0.29) is 23.9 Å². The molecule has 10 heteroatoms. The highest BCUT2D eigenvalue weighted by atomic mass is 32.2. The number of pyridine rings is 1. The Kier molecular flexibility index (Phi) is 6.40. The van der Waals surface area contributed by atoms with Crippen LogP contribution in [0.1, 0.15) is 30.2 Å². The summed E-state index contributed by atoms with van der Waals surface area (Å²) in [4.78, 5) is 32.4. The van der Waals surface area contributed by atoms with Gasteiger partial charge in [-0.25, -0.2) is 8.42 Å². The monoisotopic (exact) mass is 463 g/mol. The largest absolute Gasteiger partial charge is 0.452 e. The first-order valence-electron chi connectivity index (χ1n) is 10.3. The lowest BCUT2D eigenvalue weighted by Crippen LogP contribution is -2.44. The number of piperidine rings is 1. The molecule has 1 saturated heterocycles. The molecule has 2 aromatic heterocycles. The number of esters is 1. The number of carbonyl (C=O) groups excluding carboxylic acids is 2. The molecule has 4 rings (SSSR count). The summed E-state index contributed by atoms with van der Waals surface area (Å²) < 4.78 is 32.2. The minimum atomic E-state index is -3.62. The molecule has 0 radical (unpaired) electrons. The van der Waals surface area contributed by atoms with Crippen LogP contribution in [0.25, 0.3) is 0 Å². The molecule has 0 aromatic carbocycles. The van der Waals surface area contributed by atoms with Crippen LogP contribution in [0.15, 0.2) is 40.9 Å². The number of hydrogen-bond donors (Lipinski definition) is 0. The van der Waals surface area contributed by atoms with Crippen LogP contribution in [-0.4, -0.2) is 60.2 Å². The van der Waals surface area contributed by atoms with Crippen molar-refractivity contribution in [2.75, 3.05) is 19.6 Å². The molecule has 8 nitrogen and oxygen atoms in total. The number of carbonyl (C=O) groups is 2. The first-order chi connectivity index (χ1) is 14.9. The van der Waals surface area contributed by atoms with Gasteiger partial charge in [0.05, 0.1) is 5.92 Å². The lowest BCUT2D eigenvalue weighted by molar-refractivity contribution is -0.163. The molecule has 2 aliphatic rings. The minimum Gasteiger partial charge on any atom is -0.452 e. The Hall–Kier alpha value is -2.30. The number of thiophene rings is 1. The van der Waals surface area contributed by atoms with E-state index in [4.69, 9.17) is 4.74 Å². The Morgan fingerprint density at radius 3 is 2.71 bits per heavy atom. The normalized spacial score (nSPS) is 18.9. The standard InChI is InChI=1S/C21H25N3O5S2/c1-15(20(25)23-9-6-19-17(14-23)7-12-30-19)29-21(26)16-4-10-24(11-5-16)31(27,28)18-3-2-8-22-13-18/h2-3,7-8,12-13,15-16H,4-6,9-11,14H2,1H3. The van der Waals surface area contributed by atoms with Crippen molar-refractivity contribution in [2.24, 2.45) is 5.92 Å². The van der Waals surface area contributed by atoms with E-state index >= 15 is 0 Å². The Bertz CT molecular complexity index is 1050. The second-order valence-electron chi connectivity index (χ2n) is 7.83. The average Bonchev–Trinajstić information content (AvgIpc) is 3.27. The second-order valence-corrected chi connectivity index (χ2v) is 10.8. The van der Waals surface area contributed by atoms with Gasteiger partial charge in [-0.3, -0.25) is 14.6 Å². The summed E-state index contributed by atoms with van der Waals surface area (Å²) in [5, 5.41) is 2.03. The van der Waals surface area contributed by atoms with Gasteiger partial charge in [-0.2, -0.15) is 4.31 Å². The zero-order valence-electron chi connectivity index (χ0n) is 17.3. The van der Waals surface area contributed by atoms with Gasteiger partial charge in [-0.15, -0.1) is 11.3 Å². The van der Waals surface area contributed by atoms with E-state index < -0.39 is 28.0 Å². The van der Waals surface area contributed by atoms with E-state index in [0.29, 0.717) is 25.9 Å². The lowest BCUT2D eigenvalue weighted by Gasteiger charge is -2.32. The molecule has 1 atom stereocenters. The fourth-order valence-electron chi connectivity index (χ4n) is 4.00. The first kappa shape index (κ1) is 21.9. The van der Waals surface area contributed by atoms with Gasteiger partial charge in [0.15, 0.2) is 6.10 Å². The van der Waals surface area contributed by atoms with Gasteiger partial charge < -0.3 is 9.64 Å². The molecule has 2 aromatic rings. The third kappa shape index (κ3) is 4.65. The Balaban J connectivity index is 1.29. The molecule has 0 aliphatic carbocycles. The van der Waals surface area contributed by atoms with Crippen LogP contribution in [0.5, 0.6) is 0 Å². The first-order valence-corrected chi connectivity index (χ1v) is 12.6. The van der Waals surface area contributed by atoms with E-state index in [2.05, 4.69) is 4.98 Å². The van der Waals surface area contributed by atoms with Crippen LogP contribution >= 0.6 is 11.3 Å². The van der Waals surface area contributed by atoms with E-state index in [9.17, 15) is 18.0 Å². The van der Waals surface area contributed by atoms with Crippen molar-refractivity contribution in [3.8, 4) is 0 Å². The summed E-state index contributed by atoms with van der Waals surface area (Å²) >= 11 is 1.70. The van der Waals surface area contributed by atoms with E-state index in [1.807, 2.05) is 11.4 Å². The van der Waals surface area contributed by atoms with Crippen molar-refractivity contribution >= 4 is 33.2 Å². The molecular formula is C21H25N3O5S2. The van der Waals surface area contributed by atoms with Gasteiger partial charge in [0.1, 0.15) is 4.90 Å². The molecule has 0 bridgehead atoms. The molecule has 0 spiro atoms. The number of aromatic nitrogens is 1. The number of hydrogen-bond acceptors (Lipinski definition) is 7. The maximum absolute atomic E-state index is 12.7. The van der Waals surface area contributed by atoms with Gasteiger partial charge in [0, 0.05) is 43.4 Å². The zero-order valence-corrected chi connectivity index (χ0v) is 18.9. The van der Waals surface area contributed by atoms with Crippen molar-refractivity contribution in [3.63, 3.8) is 0 Å². The van der Waals surface area contributed by atoms with Crippen LogP contribution in [-0.2, 0) is 37.3 Å². The summed E-state index contributed by atoms with van der Waals surface area (Å²) in [6.07, 6.45) is 3.53. The van der Waals surface area contributed by atoms with Crippen molar-refractivity contribution < 1.29 is 22.7 Å². The number of ether oxygens (including phenoxy) is 1. The third-order valence-corrected chi connectivity index (χ3v) is 8.72. The quantitative estimate of drug-likeness (QED) is 0.630. The summed E-state index contributed by atoms with van der Waals surface area (Å²) in [5.41, 5.74) is 1.16. The van der Waals surface area contributed by atoms with Crippen LogP contribution in [0.4, 0.5) is 0 Å². The van der Waals surface area contributed by atoms with Crippen molar-refractivity contribution in [1.82, 2.24) is 14.2 Å². The number of nitrogens with zero attached hydrogens (tertiary/aromatic N) is 3. The van der Waals surface area contributed by atoms with Gasteiger partial charge >= 0.3 is 5.97 Å². The average molecular weight is 464 g/mol.